The molecule has 0 aliphatic carbocycles. The zero-order chi connectivity index (χ0) is 13.9. The largest absolute Gasteiger partial charge is 0.460 e. The Morgan fingerprint density at radius 1 is 1.56 bits per heavy atom. The van der Waals surface area contributed by atoms with Crippen LogP contribution in [0.2, 0.25) is 0 Å². The summed E-state index contributed by atoms with van der Waals surface area (Å²) < 4.78 is 5.37. The maximum absolute atomic E-state index is 12.2. The van der Waals surface area contributed by atoms with Crippen LogP contribution in [0.25, 0.3) is 0 Å². The lowest BCUT2D eigenvalue weighted by atomic mass is 9.86. The molecule has 1 saturated heterocycles. The van der Waals surface area contributed by atoms with Gasteiger partial charge in [-0.15, -0.1) is 0 Å². The van der Waals surface area contributed by atoms with Crippen LogP contribution in [0, 0.1) is 11.8 Å². The van der Waals surface area contributed by atoms with Crippen LogP contribution in [-0.2, 0) is 14.3 Å². The summed E-state index contributed by atoms with van der Waals surface area (Å²) in [6, 6.07) is -0.227. The third kappa shape index (κ3) is 3.98. The molecule has 0 aromatic heterocycles. The Morgan fingerprint density at radius 2 is 2.17 bits per heavy atom. The zero-order valence-corrected chi connectivity index (χ0v) is 11.5. The second-order valence-electron chi connectivity index (χ2n) is 5.93. The van der Waals surface area contributed by atoms with E-state index in [0.717, 1.165) is 0 Å². The highest BCUT2D eigenvalue weighted by Crippen LogP contribution is 2.26. The number of amides is 1. The highest BCUT2D eigenvalue weighted by molar-refractivity contribution is 5.81. The van der Waals surface area contributed by atoms with Crippen LogP contribution in [0.15, 0.2) is 0 Å². The van der Waals surface area contributed by atoms with Gasteiger partial charge in [0.25, 0.3) is 0 Å². The number of hydrogen-bond acceptors (Lipinski definition) is 4. The first kappa shape index (κ1) is 15.0. The SMILES string of the molecule is CC(CO)C(C(=O)OC(C)(C)C)C1CCC(=O)N1. The first-order valence-corrected chi connectivity index (χ1v) is 6.37. The molecule has 1 heterocycles. The fourth-order valence-corrected chi connectivity index (χ4v) is 2.18. The molecule has 0 radical (unpaired) electrons. The number of ether oxygens (including phenoxy) is 1. The van der Waals surface area contributed by atoms with E-state index in [1.54, 1.807) is 27.7 Å². The van der Waals surface area contributed by atoms with E-state index in [1.807, 2.05) is 0 Å². The van der Waals surface area contributed by atoms with Gasteiger partial charge in [0.05, 0.1) is 5.92 Å². The van der Waals surface area contributed by atoms with Gasteiger partial charge in [0.15, 0.2) is 0 Å². The lowest BCUT2D eigenvalue weighted by molar-refractivity contribution is -0.163. The van der Waals surface area contributed by atoms with Crippen molar-refractivity contribution in [3.8, 4) is 0 Å². The second-order valence-corrected chi connectivity index (χ2v) is 5.93. The van der Waals surface area contributed by atoms with Crippen molar-refractivity contribution in [2.45, 2.75) is 52.2 Å². The summed E-state index contributed by atoms with van der Waals surface area (Å²) in [6.07, 6.45) is 1.05. The predicted molar refractivity (Wildman–Crippen MR) is 66.7 cm³/mol. The van der Waals surface area contributed by atoms with Crippen LogP contribution in [0.4, 0.5) is 0 Å². The molecule has 3 atom stereocenters. The van der Waals surface area contributed by atoms with E-state index >= 15 is 0 Å². The minimum Gasteiger partial charge on any atom is -0.460 e. The number of rotatable bonds is 4. The Bertz CT molecular complexity index is 321. The normalized spacial score (nSPS) is 23.4. The quantitative estimate of drug-likeness (QED) is 0.732. The molecule has 0 spiro atoms. The van der Waals surface area contributed by atoms with Crippen LogP contribution in [0.5, 0.6) is 0 Å². The van der Waals surface area contributed by atoms with Gasteiger partial charge in [-0.1, -0.05) is 6.92 Å². The van der Waals surface area contributed by atoms with Crippen LogP contribution in [-0.4, -0.2) is 35.2 Å². The number of aliphatic hydroxyl groups is 1. The zero-order valence-electron chi connectivity index (χ0n) is 11.5. The van der Waals surface area contributed by atoms with Gasteiger partial charge in [-0.3, -0.25) is 9.59 Å². The van der Waals surface area contributed by atoms with Gasteiger partial charge >= 0.3 is 5.97 Å². The molecule has 1 rings (SSSR count). The first-order valence-electron chi connectivity index (χ1n) is 6.37. The molecular weight excluding hydrogens is 234 g/mol. The van der Waals surface area contributed by atoms with Gasteiger partial charge in [-0.25, -0.2) is 0 Å². The van der Waals surface area contributed by atoms with Gasteiger partial charge in [0.1, 0.15) is 5.60 Å². The molecule has 1 amide bonds. The number of nitrogens with one attached hydrogen (secondary N) is 1. The van der Waals surface area contributed by atoms with Crippen LogP contribution in [0.3, 0.4) is 0 Å². The van der Waals surface area contributed by atoms with E-state index < -0.39 is 11.5 Å². The molecule has 0 saturated carbocycles. The standard InChI is InChI=1S/C13H23NO4/c1-8(7-15)11(9-5-6-10(16)14-9)12(17)18-13(2,3)4/h8-9,11,15H,5-7H2,1-4H3,(H,14,16). The van der Waals surface area contributed by atoms with Crippen molar-refractivity contribution >= 4 is 11.9 Å². The van der Waals surface area contributed by atoms with Crippen LogP contribution in [0.1, 0.15) is 40.5 Å². The highest BCUT2D eigenvalue weighted by atomic mass is 16.6. The fourth-order valence-electron chi connectivity index (χ4n) is 2.18. The number of carbonyl (C=O) groups excluding carboxylic acids is 2. The van der Waals surface area contributed by atoms with Crippen molar-refractivity contribution in [2.24, 2.45) is 11.8 Å². The summed E-state index contributed by atoms with van der Waals surface area (Å²) >= 11 is 0. The third-order valence-corrected chi connectivity index (χ3v) is 3.04. The van der Waals surface area contributed by atoms with E-state index in [-0.39, 0.29) is 30.4 Å². The van der Waals surface area contributed by atoms with Crippen molar-refractivity contribution in [3.05, 3.63) is 0 Å². The maximum Gasteiger partial charge on any atom is 0.311 e. The first-order chi connectivity index (χ1) is 8.24. The lowest BCUT2D eigenvalue weighted by Crippen LogP contribution is -2.44. The molecule has 5 nitrogen and oxygen atoms in total. The van der Waals surface area contributed by atoms with Gasteiger partial charge in [0, 0.05) is 19.1 Å². The van der Waals surface area contributed by atoms with Crippen molar-refractivity contribution in [3.63, 3.8) is 0 Å². The van der Waals surface area contributed by atoms with Crippen LogP contribution >= 0.6 is 0 Å². The summed E-state index contributed by atoms with van der Waals surface area (Å²) in [7, 11) is 0. The van der Waals surface area contributed by atoms with Crippen molar-refractivity contribution < 1.29 is 19.4 Å². The van der Waals surface area contributed by atoms with E-state index in [4.69, 9.17) is 4.74 Å². The summed E-state index contributed by atoms with van der Waals surface area (Å²) in [6.45, 7) is 7.10. The predicted octanol–water partition coefficient (Wildman–Crippen LogP) is 0.851. The van der Waals surface area contributed by atoms with Crippen molar-refractivity contribution in [1.29, 1.82) is 0 Å². The van der Waals surface area contributed by atoms with Crippen LogP contribution < -0.4 is 5.32 Å². The number of hydrogen-bond donors (Lipinski definition) is 2. The smallest absolute Gasteiger partial charge is 0.311 e. The average molecular weight is 257 g/mol. The Hall–Kier alpha value is -1.10. The Kier molecular flexibility index (Phi) is 4.73. The highest BCUT2D eigenvalue weighted by Gasteiger charge is 2.39. The third-order valence-electron chi connectivity index (χ3n) is 3.04. The molecule has 1 aliphatic heterocycles. The van der Waals surface area contributed by atoms with Gasteiger partial charge in [-0.05, 0) is 33.1 Å². The molecule has 1 aliphatic rings. The molecule has 1 fully saturated rings. The molecule has 2 N–H and O–H groups in total. The number of aliphatic hydroxyl groups excluding tert-OH is 1. The number of esters is 1. The Balaban J connectivity index is 2.78. The summed E-state index contributed by atoms with van der Waals surface area (Å²) in [4.78, 5) is 23.4. The maximum atomic E-state index is 12.2. The minimum absolute atomic E-state index is 0.0429. The van der Waals surface area contributed by atoms with Gasteiger partial charge in [0.2, 0.25) is 5.91 Å². The molecular formula is C13H23NO4. The topological polar surface area (TPSA) is 75.6 Å². The van der Waals surface area contributed by atoms with Crippen molar-refractivity contribution in [2.75, 3.05) is 6.61 Å². The number of carbonyl (C=O) groups is 2. The molecule has 5 heteroatoms. The molecule has 0 aromatic rings. The van der Waals surface area contributed by atoms with Gasteiger partial charge < -0.3 is 15.2 Å². The molecule has 104 valence electrons. The van der Waals surface area contributed by atoms with E-state index in [1.165, 1.54) is 0 Å². The molecule has 0 bridgehead atoms. The summed E-state index contributed by atoms with van der Waals surface area (Å²) in [5, 5.41) is 12.0. The second kappa shape index (κ2) is 5.69. The van der Waals surface area contributed by atoms with Crippen molar-refractivity contribution in [1.82, 2.24) is 5.32 Å². The molecule has 18 heavy (non-hydrogen) atoms. The average Bonchev–Trinajstić information content (AvgIpc) is 2.62. The lowest BCUT2D eigenvalue weighted by Gasteiger charge is -2.30. The summed E-state index contributed by atoms with van der Waals surface area (Å²) in [5.41, 5.74) is -0.562. The summed E-state index contributed by atoms with van der Waals surface area (Å²) in [5.74, 6) is -1.11. The Morgan fingerprint density at radius 3 is 2.56 bits per heavy atom. The van der Waals surface area contributed by atoms with E-state index in [2.05, 4.69) is 5.32 Å². The monoisotopic (exact) mass is 257 g/mol. The van der Waals surface area contributed by atoms with E-state index in [9.17, 15) is 14.7 Å². The Labute approximate surface area is 108 Å². The van der Waals surface area contributed by atoms with E-state index in [0.29, 0.717) is 12.8 Å². The molecule has 3 unspecified atom stereocenters. The fraction of sp³-hybridized carbons (Fsp3) is 0.846. The molecule has 0 aromatic carbocycles. The minimum atomic E-state index is -0.562. The van der Waals surface area contributed by atoms with Gasteiger partial charge in [-0.2, -0.15) is 0 Å².